The maximum Gasteiger partial charge on any atom is 0.167 e. The summed E-state index contributed by atoms with van der Waals surface area (Å²) in [6.45, 7) is 5.11. The smallest absolute Gasteiger partial charge is 0.167 e. The number of benzene rings is 1. The summed E-state index contributed by atoms with van der Waals surface area (Å²) in [7, 11) is 0. The number of halogens is 2. The van der Waals surface area contributed by atoms with Gasteiger partial charge in [-0.25, -0.2) is 8.78 Å². The molecule has 2 aliphatic rings. The summed E-state index contributed by atoms with van der Waals surface area (Å²) in [5.74, 6) is 0.511. The zero-order valence-corrected chi connectivity index (χ0v) is 15.3. The average Bonchev–Trinajstić information content (AvgIpc) is 3.15. The van der Waals surface area contributed by atoms with Gasteiger partial charge in [-0.2, -0.15) is 0 Å². The van der Waals surface area contributed by atoms with E-state index in [0.29, 0.717) is 17.8 Å². The topological polar surface area (TPSA) is 45.6 Å². The number of nitrogens with zero attached hydrogens (tertiary/aromatic N) is 2. The van der Waals surface area contributed by atoms with Gasteiger partial charge in [0.2, 0.25) is 0 Å². The number of fused-ring (bicyclic) bond motifs is 1. The Hall–Kier alpha value is -2.21. The molecule has 6 heteroatoms. The van der Waals surface area contributed by atoms with Crippen molar-refractivity contribution in [2.24, 2.45) is 11.8 Å². The molecule has 144 valence electrons. The van der Waals surface area contributed by atoms with Crippen LogP contribution in [0.15, 0.2) is 36.5 Å². The van der Waals surface area contributed by atoms with Gasteiger partial charge in [-0.3, -0.25) is 4.98 Å². The third kappa shape index (κ3) is 4.05. The second-order valence-corrected chi connectivity index (χ2v) is 7.87. The molecule has 1 N–H and O–H groups in total. The van der Waals surface area contributed by atoms with Gasteiger partial charge in [-0.1, -0.05) is 6.92 Å². The van der Waals surface area contributed by atoms with Crippen LogP contribution in [0.2, 0.25) is 0 Å². The highest BCUT2D eigenvalue weighted by Gasteiger charge is 2.42. The van der Waals surface area contributed by atoms with E-state index in [0.717, 1.165) is 44.2 Å². The first kappa shape index (κ1) is 18.2. The summed E-state index contributed by atoms with van der Waals surface area (Å²) in [6, 6.07) is 7.02. The first-order chi connectivity index (χ1) is 13.0. The minimum atomic E-state index is -0.635. The fraction of sp³-hybridized carbons (Fsp3) is 0.476. The van der Waals surface area contributed by atoms with Crippen molar-refractivity contribution in [1.82, 2.24) is 9.88 Å². The van der Waals surface area contributed by atoms with Crippen molar-refractivity contribution in [2.45, 2.75) is 31.8 Å². The van der Waals surface area contributed by atoms with Gasteiger partial charge in [-0.15, -0.1) is 0 Å². The summed E-state index contributed by atoms with van der Waals surface area (Å²) in [5, 5.41) is 9.37. The molecule has 1 aromatic heterocycles. The van der Waals surface area contributed by atoms with Crippen LogP contribution < -0.4 is 4.74 Å². The van der Waals surface area contributed by atoms with Gasteiger partial charge < -0.3 is 14.7 Å². The van der Waals surface area contributed by atoms with Crippen LogP contribution in [0.3, 0.4) is 0 Å². The molecule has 2 unspecified atom stereocenters. The number of aromatic hydroxyl groups is 1. The van der Waals surface area contributed by atoms with E-state index in [1.54, 1.807) is 6.07 Å². The van der Waals surface area contributed by atoms with Crippen molar-refractivity contribution in [3.63, 3.8) is 0 Å². The number of aromatic nitrogens is 1. The van der Waals surface area contributed by atoms with Crippen molar-refractivity contribution in [3.05, 3.63) is 53.9 Å². The van der Waals surface area contributed by atoms with Crippen LogP contribution in [-0.4, -0.2) is 40.7 Å². The average molecular weight is 374 g/mol. The quantitative estimate of drug-likeness (QED) is 0.861. The monoisotopic (exact) mass is 374 g/mol. The lowest BCUT2D eigenvalue weighted by Crippen LogP contribution is -2.28. The van der Waals surface area contributed by atoms with Gasteiger partial charge in [0, 0.05) is 37.3 Å². The number of ether oxygens (including phenoxy) is 1. The van der Waals surface area contributed by atoms with Gasteiger partial charge in [0.05, 0.1) is 12.3 Å². The van der Waals surface area contributed by atoms with Gasteiger partial charge in [0.1, 0.15) is 11.6 Å². The summed E-state index contributed by atoms with van der Waals surface area (Å²) in [5.41, 5.74) is 0.984. The SMILES string of the molecule is CC(CN1C[C@H]2CC(Oc3ccc(F)cc3F)C[C@H]2C1)c1ccc(O)cn1. The lowest BCUT2D eigenvalue weighted by Gasteiger charge is -2.23. The zero-order chi connectivity index (χ0) is 19.0. The van der Waals surface area contributed by atoms with E-state index in [1.165, 1.54) is 18.3 Å². The highest BCUT2D eigenvalue weighted by Crippen LogP contribution is 2.40. The molecule has 0 bridgehead atoms. The van der Waals surface area contributed by atoms with E-state index in [1.807, 2.05) is 6.07 Å². The van der Waals surface area contributed by atoms with Crippen LogP contribution in [0, 0.1) is 23.5 Å². The molecule has 4 rings (SSSR count). The van der Waals surface area contributed by atoms with Crippen molar-refractivity contribution in [3.8, 4) is 11.5 Å². The number of rotatable bonds is 5. The van der Waals surface area contributed by atoms with E-state index in [9.17, 15) is 13.9 Å². The van der Waals surface area contributed by atoms with Crippen molar-refractivity contribution in [2.75, 3.05) is 19.6 Å². The Balaban J connectivity index is 1.29. The van der Waals surface area contributed by atoms with Gasteiger partial charge in [0.25, 0.3) is 0 Å². The molecule has 2 aromatic rings. The first-order valence-electron chi connectivity index (χ1n) is 9.47. The van der Waals surface area contributed by atoms with Crippen LogP contribution in [0.1, 0.15) is 31.4 Å². The van der Waals surface area contributed by atoms with Crippen molar-refractivity contribution >= 4 is 0 Å². The minimum Gasteiger partial charge on any atom is -0.506 e. The number of hydrogen-bond acceptors (Lipinski definition) is 4. The lowest BCUT2D eigenvalue weighted by molar-refractivity contribution is 0.177. The van der Waals surface area contributed by atoms with Gasteiger partial charge >= 0.3 is 0 Å². The van der Waals surface area contributed by atoms with Gasteiger partial charge in [0.15, 0.2) is 11.6 Å². The summed E-state index contributed by atoms with van der Waals surface area (Å²) in [4.78, 5) is 6.77. The predicted molar refractivity (Wildman–Crippen MR) is 97.7 cm³/mol. The minimum absolute atomic E-state index is 0.00157. The van der Waals surface area contributed by atoms with E-state index in [2.05, 4.69) is 16.8 Å². The molecule has 0 spiro atoms. The van der Waals surface area contributed by atoms with Crippen LogP contribution >= 0.6 is 0 Å². The van der Waals surface area contributed by atoms with Crippen LogP contribution in [0.5, 0.6) is 11.5 Å². The molecule has 1 aliphatic heterocycles. The summed E-state index contributed by atoms with van der Waals surface area (Å²) >= 11 is 0. The van der Waals surface area contributed by atoms with Crippen molar-refractivity contribution < 1.29 is 18.6 Å². The third-order valence-electron chi connectivity index (χ3n) is 5.78. The number of pyridine rings is 1. The Kier molecular flexibility index (Phi) is 5.00. The Morgan fingerprint density at radius 3 is 2.56 bits per heavy atom. The Bertz CT molecular complexity index is 785. The maximum absolute atomic E-state index is 13.8. The molecule has 0 amide bonds. The molecule has 1 aromatic carbocycles. The molecule has 27 heavy (non-hydrogen) atoms. The molecular formula is C21H24F2N2O2. The maximum atomic E-state index is 13.8. The molecule has 1 saturated carbocycles. The Morgan fingerprint density at radius 1 is 1.19 bits per heavy atom. The summed E-state index contributed by atoms with van der Waals surface area (Å²) in [6.07, 6.45) is 3.30. The number of likely N-dealkylation sites (tertiary alicyclic amines) is 1. The molecule has 4 nitrogen and oxygen atoms in total. The van der Waals surface area contributed by atoms with E-state index in [4.69, 9.17) is 4.74 Å². The summed E-state index contributed by atoms with van der Waals surface area (Å²) < 4.78 is 32.6. The largest absolute Gasteiger partial charge is 0.506 e. The third-order valence-corrected chi connectivity index (χ3v) is 5.78. The van der Waals surface area contributed by atoms with Crippen LogP contribution in [0.4, 0.5) is 8.78 Å². The van der Waals surface area contributed by atoms with E-state index < -0.39 is 11.6 Å². The van der Waals surface area contributed by atoms with E-state index >= 15 is 0 Å². The fourth-order valence-electron chi connectivity index (χ4n) is 4.51. The molecule has 2 heterocycles. The van der Waals surface area contributed by atoms with Crippen LogP contribution in [0.25, 0.3) is 0 Å². The molecule has 1 aliphatic carbocycles. The van der Waals surface area contributed by atoms with Crippen LogP contribution in [-0.2, 0) is 0 Å². The second-order valence-electron chi connectivity index (χ2n) is 7.87. The normalized spacial score (nSPS) is 26.1. The van der Waals surface area contributed by atoms with E-state index in [-0.39, 0.29) is 17.6 Å². The molecule has 1 saturated heterocycles. The molecule has 2 fully saturated rings. The fourth-order valence-corrected chi connectivity index (χ4v) is 4.51. The zero-order valence-electron chi connectivity index (χ0n) is 15.3. The first-order valence-corrected chi connectivity index (χ1v) is 9.47. The molecular weight excluding hydrogens is 350 g/mol. The highest BCUT2D eigenvalue weighted by atomic mass is 19.1. The highest BCUT2D eigenvalue weighted by molar-refractivity contribution is 5.25. The Labute approximate surface area is 157 Å². The van der Waals surface area contributed by atoms with Gasteiger partial charge in [-0.05, 0) is 48.9 Å². The lowest BCUT2D eigenvalue weighted by atomic mass is 10.0. The second kappa shape index (κ2) is 7.43. The molecule has 0 radical (unpaired) electrons. The standard InChI is InChI=1S/C21H24F2N2O2/c1-13(20-4-3-17(26)9-24-20)10-25-11-14-6-18(7-15(14)12-25)27-21-5-2-16(22)8-19(21)23/h2-5,8-9,13-15,18,26H,6-7,10-12H2,1H3/t13?,14-,15+,18?. The predicted octanol–water partition coefficient (Wildman–Crippen LogP) is 3.96. The number of hydrogen-bond donors (Lipinski definition) is 1. The molecule has 4 atom stereocenters. The Morgan fingerprint density at radius 2 is 1.93 bits per heavy atom. The van der Waals surface area contributed by atoms with Crippen molar-refractivity contribution in [1.29, 1.82) is 0 Å².